The molecule has 0 aliphatic carbocycles. The molecule has 4 nitrogen and oxygen atoms in total. The van der Waals surface area contributed by atoms with Gasteiger partial charge in [-0.15, -0.1) is 0 Å². The van der Waals surface area contributed by atoms with Crippen molar-refractivity contribution in [2.45, 2.75) is 32.5 Å². The normalized spacial score (nSPS) is 13.2. The van der Waals surface area contributed by atoms with Crippen LogP contribution in [0.15, 0.2) is 24.3 Å². The Kier molecular flexibility index (Phi) is 5.44. The molecule has 0 amide bonds. The molecule has 0 aromatic heterocycles. The van der Waals surface area contributed by atoms with E-state index in [0.717, 1.165) is 5.75 Å². The van der Waals surface area contributed by atoms with Gasteiger partial charge in [0, 0.05) is 7.11 Å². The summed E-state index contributed by atoms with van der Waals surface area (Å²) in [5, 5.41) is 9.90. The van der Waals surface area contributed by atoms with Crippen molar-refractivity contribution in [3.05, 3.63) is 24.3 Å². The molecule has 102 valence electrons. The monoisotopic (exact) mass is 254 g/mol. The highest BCUT2D eigenvalue weighted by atomic mass is 16.5. The van der Waals surface area contributed by atoms with Crippen molar-refractivity contribution in [3.8, 4) is 11.5 Å². The third kappa shape index (κ3) is 4.20. The van der Waals surface area contributed by atoms with Crippen LogP contribution >= 0.6 is 0 Å². The van der Waals surface area contributed by atoms with Gasteiger partial charge in [-0.3, -0.25) is 0 Å². The van der Waals surface area contributed by atoms with Gasteiger partial charge < -0.3 is 19.3 Å². The fraction of sp³-hybridized carbons (Fsp3) is 0.571. The highest BCUT2D eigenvalue weighted by molar-refractivity contribution is 5.31. The second-order valence-corrected chi connectivity index (χ2v) is 4.54. The zero-order chi connectivity index (χ0) is 13.6. The quantitative estimate of drug-likeness (QED) is 0.810. The summed E-state index contributed by atoms with van der Waals surface area (Å²) in [5.41, 5.74) is -0.620. The number of aliphatic hydroxyl groups is 1. The Bertz CT molecular complexity index is 345. The van der Waals surface area contributed by atoms with Gasteiger partial charge >= 0.3 is 0 Å². The molecule has 0 radical (unpaired) electrons. The van der Waals surface area contributed by atoms with Crippen LogP contribution in [0.1, 0.15) is 20.8 Å². The average molecular weight is 254 g/mol. The summed E-state index contributed by atoms with van der Waals surface area (Å²) in [4.78, 5) is 0. The maximum Gasteiger partial charge on any atom is 0.119 e. The maximum absolute atomic E-state index is 9.90. The molecule has 1 aromatic rings. The van der Waals surface area contributed by atoms with Crippen LogP contribution in [0.4, 0.5) is 0 Å². The Labute approximate surface area is 108 Å². The molecule has 0 saturated heterocycles. The fourth-order valence-electron chi connectivity index (χ4n) is 1.31. The number of rotatable bonds is 7. The number of benzene rings is 1. The predicted octanol–water partition coefficient (Wildman–Crippen LogP) is 2.25. The van der Waals surface area contributed by atoms with Crippen molar-refractivity contribution in [1.29, 1.82) is 0 Å². The molecule has 0 bridgehead atoms. The SMILES string of the molecule is CCOc1ccc(OCC(O)C(C)(C)OC)cc1. The Morgan fingerprint density at radius 2 is 1.61 bits per heavy atom. The lowest BCUT2D eigenvalue weighted by Crippen LogP contribution is -2.42. The van der Waals surface area contributed by atoms with E-state index in [0.29, 0.717) is 12.4 Å². The minimum Gasteiger partial charge on any atom is -0.494 e. The van der Waals surface area contributed by atoms with Crippen LogP contribution in [0.5, 0.6) is 11.5 Å². The molecule has 1 N–H and O–H groups in total. The molecular weight excluding hydrogens is 232 g/mol. The number of hydrogen-bond donors (Lipinski definition) is 1. The first kappa shape index (κ1) is 14.8. The van der Waals surface area contributed by atoms with Gasteiger partial charge in [0.05, 0.1) is 12.2 Å². The summed E-state index contributed by atoms with van der Waals surface area (Å²) < 4.78 is 16.0. The minimum absolute atomic E-state index is 0.189. The third-order valence-corrected chi connectivity index (χ3v) is 2.87. The number of aliphatic hydroxyl groups excluding tert-OH is 1. The fourth-order valence-corrected chi connectivity index (χ4v) is 1.31. The van der Waals surface area contributed by atoms with Crippen LogP contribution in [-0.4, -0.2) is 37.1 Å². The van der Waals surface area contributed by atoms with E-state index in [1.165, 1.54) is 0 Å². The van der Waals surface area contributed by atoms with E-state index in [4.69, 9.17) is 14.2 Å². The van der Waals surface area contributed by atoms with Crippen LogP contribution in [0, 0.1) is 0 Å². The largest absolute Gasteiger partial charge is 0.494 e. The average Bonchev–Trinajstić information content (AvgIpc) is 2.38. The summed E-state index contributed by atoms with van der Waals surface area (Å²) in [7, 11) is 1.57. The Morgan fingerprint density at radius 1 is 1.11 bits per heavy atom. The molecule has 1 rings (SSSR count). The number of ether oxygens (including phenoxy) is 3. The van der Waals surface area contributed by atoms with Crippen molar-refractivity contribution in [3.63, 3.8) is 0 Å². The van der Waals surface area contributed by atoms with Crippen LogP contribution in [0.2, 0.25) is 0 Å². The molecule has 18 heavy (non-hydrogen) atoms. The zero-order valence-electron chi connectivity index (χ0n) is 11.5. The lowest BCUT2D eigenvalue weighted by atomic mass is 10.0. The molecule has 0 heterocycles. The first-order valence-corrected chi connectivity index (χ1v) is 6.08. The predicted molar refractivity (Wildman–Crippen MR) is 70.2 cm³/mol. The van der Waals surface area contributed by atoms with Crippen LogP contribution in [-0.2, 0) is 4.74 Å². The molecule has 0 aliphatic heterocycles. The third-order valence-electron chi connectivity index (χ3n) is 2.87. The highest BCUT2D eigenvalue weighted by Crippen LogP contribution is 2.19. The second-order valence-electron chi connectivity index (χ2n) is 4.54. The highest BCUT2D eigenvalue weighted by Gasteiger charge is 2.27. The van der Waals surface area contributed by atoms with E-state index in [-0.39, 0.29) is 6.61 Å². The van der Waals surface area contributed by atoms with Crippen LogP contribution in [0.3, 0.4) is 0 Å². The van der Waals surface area contributed by atoms with Gasteiger partial charge in [0.15, 0.2) is 0 Å². The van der Waals surface area contributed by atoms with E-state index in [1.807, 2.05) is 45.0 Å². The zero-order valence-corrected chi connectivity index (χ0v) is 11.5. The summed E-state index contributed by atoms with van der Waals surface area (Å²) in [6.07, 6.45) is -0.686. The van der Waals surface area contributed by atoms with Crippen molar-refractivity contribution < 1.29 is 19.3 Å². The van der Waals surface area contributed by atoms with Crippen molar-refractivity contribution in [2.75, 3.05) is 20.3 Å². The molecule has 0 aliphatic rings. The van der Waals surface area contributed by atoms with E-state index in [2.05, 4.69) is 0 Å². The smallest absolute Gasteiger partial charge is 0.119 e. The first-order chi connectivity index (χ1) is 8.49. The van der Waals surface area contributed by atoms with Crippen LogP contribution in [0.25, 0.3) is 0 Å². The van der Waals surface area contributed by atoms with Gasteiger partial charge in [-0.05, 0) is 45.0 Å². The van der Waals surface area contributed by atoms with E-state index >= 15 is 0 Å². The molecule has 4 heteroatoms. The summed E-state index contributed by atoms with van der Waals surface area (Å²) >= 11 is 0. The lowest BCUT2D eigenvalue weighted by Gasteiger charge is -2.28. The minimum atomic E-state index is -0.686. The molecular formula is C14H22O4. The van der Waals surface area contributed by atoms with Gasteiger partial charge in [0.25, 0.3) is 0 Å². The summed E-state index contributed by atoms with van der Waals surface area (Å²) in [6.45, 7) is 6.40. The Balaban J connectivity index is 2.48. The van der Waals surface area contributed by atoms with E-state index in [1.54, 1.807) is 7.11 Å². The number of methoxy groups -OCH3 is 1. The lowest BCUT2D eigenvalue weighted by molar-refractivity contribution is -0.0914. The molecule has 1 atom stereocenters. The van der Waals surface area contributed by atoms with E-state index < -0.39 is 11.7 Å². The summed E-state index contributed by atoms with van der Waals surface area (Å²) in [6, 6.07) is 7.31. The van der Waals surface area contributed by atoms with E-state index in [9.17, 15) is 5.11 Å². The number of hydrogen-bond acceptors (Lipinski definition) is 4. The summed E-state index contributed by atoms with van der Waals surface area (Å²) in [5.74, 6) is 1.51. The van der Waals surface area contributed by atoms with Crippen molar-refractivity contribution >= 4 is 0 Å². The Morgan fingerprint density at radius 3 is 2.06 bits per heavy atom. The maximum atomic E-state index is 9.90. The van der Waals surface area contributed by atoms with Gasteiger partial charge in [-0.25, -0.2) is 0 Å². The van der Waals surface area contributed by atoms with Crippen molar-refractivity contribution in [2.24, 2.45) is 0 Å². The molecule has 1 aromatic carbocycles. The molecule has 0 spiro atoms. The molecule has 0 fully saturated rings. The molecule has 1 unspecified atom stereocenters. The van der Waals surface area contributed by atoms with Crippen molar-refractivity contribution in [1.82, 2.24) is 0 Å². The standard InChI is InChI=1S/C14H22O4/c1-5-17-11-6-8-12(9-7-11)18-10-13(15)14(2,3)16-4/h6-9,13,15H,5,10H2,1-4H3. The molecule has 0 saturated carbocycles. The second kappa shape index (κ2) is 6.61. The topological polar surface area (TPSA) is 47.9 Å². The Hall–Kier alpha value is -1.26. The van der Waals surface area contributed by atoms with Gasteiger partial charge in [-0.2, -0.15) is 0 Å². The first-order valence-electron chi connectivity index (χ1n) is 6.08. The van der Waals surface area contributed by atoms with Gasteiger partial charge in [-0.1, -0.05) is 0 Å². The van der Waals surface area contributed by atoms with Gasteiger partial charge in [0.2, 0.25) is 0 Å². The van der Waals surface area contributed by atoms with Gasteiger partial charge in [0.1, 0.15) is 24.2 Å². The van der Waals surface area contributed by atoms with Crippen LogP contribution < -0.4 is 9.47 Å².